The van der Waals surface area contributed by atoms with Gasteiger partial charge in [0.05, 0.1) is 63.4 Å². The minimum atomic E-state index is -0.191. The molecule has 1 N–H and O–H groups in total. The van der Waals surface area contributed by atoms with Gasteiger partial charge in [0.15, 0.2) is 23.0 Å². The number of hydrogen-bond donors (Lipinski definition) is 1. The van der Waals surface area contributed by atoms with Crippen molar-refractivity contribution < 1.29 is 18.9 Å². The number of anilines is 1. The van der Waals surface area contributed by atoms with Gasteiger partial charge in [-0.25, -0.2) is 11.5 Å². The molecule has 0 atom stereocenters. The number of benzene rings is 2. The minimum Gasteiger partial charge on any atom is -0.493 e. The molecule has 0 spiro atoms. The molecule has 0 radical (unpaired) electrons. The molecule has 2 aromatic heterocycles. The maximum absolute atomic E-state index is 8.90. The number of piperazine rings is 2. The van der Waals surface area contributed by atoms with Crippen molar-refractivity contribution in [3.05, 3.63) is 65.2 Å². The van der Waals surface area contributed by atoms with Crippen molar-refractivity contribution in [3.8, 4) is 29.1 Å². The van der Waals surface area contributed by atoms with Crippen molar-refractivity contribution in [3.63, 3.8) is 0 Å². The summed E-state index contributed by atoms with van der Waals surface area (Å²) in [6.07, 6.45) is 7.72. The van der Waals surface area contributed by atoms with E-state index in [0.29, 0.717) is 28.0 Å². The SMILES string of the molecule is C.COc1cc2nccc(Cl)c2cc1OC.N#CC1(N2CCNCC2)CC1.[C-]#[N+]C1(N2CCN(c3ccnc4cc(OC)c(OC)cc34)CC2)CC1. The monoisotopic (exact) mass is 728 g/mol. The number of methoxy groups -OCH3 is 4. The summed E-state index contributed by atoms with van der Waals surface area (Å²) in [5.74, 6) is 2.71. The van der Waals surface area contributed by atoms with Crippen molar-refractivity contribution in [2.45, 2.75) is 44.3 Å². The zero-order chi connectivity index (χ0) is 36.0. The first-order valence-electron chi connectivity index (χ1n) is 17.3. The summed E-state index contributed by atoms with van der Waals surface area (Å²) in [6, 6.07) is 13.8. The molecular formula is C39H49ClN8O4. The van der Waals surface area contributed by atoms with Gasteiger partial charge in [0.25, 0.3) is 5.66 Å². The van der Waals surface area contributed by atoms with Gasteiger partial charge in [0.2, 0.25) is 0 Å². The molecule has 2 aromatic carbocycles. The fourth-order valence-corrected chi connectivity index (χ4v) is 7.06. The minimum absolute atomic E-state index is 0. The number of ether oxygens (including phenoxy) is 4. The summed E-state index contributed by atoms with van der Waals surface area (Å²) in [4.78, 5) is 19.6. The second kappa shape index (κ2) is 16.8. The van der Waals surface area contributed by atoms with Crippen LogP contribution in [0, 0.1) is 17.9 Å². The van der Waals surface area contributed by atoms with Gasteiger partial charge in [-0.3, -0.25) is 19.7 Å². The van der Waals surface area contributed by atoms with E-state index in [4.69, 9.17) is 42.4 Å². The number of fused-ring (bicyclic) bond motifs is 2. The number of aromatic nitrogens is 2. The van der Waals surface area contributed by atoms with Crippen LogP contribution in [0.4, 0.5) is 5.69 Å². The standard InChI is InChI=1S/C19H22N4O2.C11H10ClNO2.C8H13N3.CH4/c1-20-19(5-6-19)23-10-8-22(9-11-23)16-4-7-21-15-13-18(25-3)17(24-2)12-14(15)16;1-14-10-5-7-8(12)3-4-13-9(7)6-11(10)15-2;9-7-8(1-2-8)11-5-3-10-4-6-11;/h4,7,12-13H,5-6,8-11H2,2-3H3;3-6H,1-2H3;10H,1-6H2;1H4. The first-order chi connectivity index (χ1) is 24.8. The lowest BCUT2D eigenvalue weighted by Gasteiger charge is -2.36. The van der Waals surface area contributed by atoms with E-state index in [0.717, 1.165) is 99.8 Å². The molecule has 0 amide bonds. The molecule has 2 aliphatic carbocycles. The largest absolute Gasteiger partial charge is 0.493 e. The topological polar surface area (TPSA) is 113 Å². The fourth-order valence-electron chi connectivity index (χ4n) is 6.86. The predicted octanol–water partition coefficient (Wildman–Crippen LogP) is 6.27. The molecule has 4 heterocycles. The van der Waals surface area contributed by atoms with E-state index in [9.17, 15) is 0 Å². The van der Waals surface area contributed by atoms with Crippen LogP contribution in [0.5, 0.6) is 23.0 Å². The molecule has 8 rings (SSSR count). The van der Waals surface area contributed by atoms with Crippen LogP contribution in [0.15, 0.2) is 48.8 Å². The molecule has 0 unspecified atom stereocenters. The molecule has 2 aliphatic heterocycles. The predicted molar refractivity (Wildman–Crippen MR) is 206 cm³/mol. The highest BCUT2D eigenvalue weighted by molar-refractivity contribution is 6.35. The molecule has 0 bridgehead atoms. The Labute approximate surface area is 312 Å². The number of nitrogens with one attached hydrogen (secondary N) is 1. The van der Waals surface area contributed by atoms with Crippen molar-refractivity contribution in [1.82, 2.24) is 25.1 Å². The first-order valence-corrected chi connectivity index (χ1v) is 17.6. The second-order valence-electron chi connectivity index (χ2n) is 13.0. The fraction of sp³-hybridized carbons (Fsp3) is 0.487. The Morgan fingerprint density at radius 2 is 1.27 bits per heavy atom. The van der Waals surface area contributed by atoms with Crippen molar-refractivity contribution >= 4 is 39.1 Å². The summed E-state index contributed by atoms with van der Waals surface area (Å²) < 4.78 is 21.2. The normalized spacial score (nSPS) is 18.6. The molecule has 4 aliphatic rings. The van der Waals surface area contributed by atoms with Crippen LogP contribution in [0.25, 0.3) is 26.7 Å². The van der Waals surface area contributed by atoms with Crippen LogP contribution in [0.2, 0.25) is 5.02 Å². The van der Waals surface area contributed by atoms with Gasteiger partial charge in [-0.2, -0.15) is 5.26 Å². The maximum Gasteiger partial charge on any atom is 0.289 e. The highest BCUT2D eigenvalue weighted by Gasteiger charge is 2.56. The third-order valence-electron chi connectivity index (χ3n) is 10.2. The van der Waals surface area contributed by atoms with E-state index in [2.05, 4.69) is 47.0 Å². The molecular weight excluding hydrogens is 680 g/mol. The van der Waals surface area contributed by atoms with Crippen LogP contribution < -0.4 is 29.2 Å². The molecule has 12 nitrogen and oxygen atoms in total. The molecule has 276 valence electrons. The summed E-state index contributed by atoms with van der Waals surface area (Å²) in [6.45, 7) is 15.3. The third-order valence-corrected chi connectivity index (χ3v) is 10.5. The van der Waals surface area contributed by atoms with Crippen LogP contribution in [0.1, 0.15) is 33.1 Å². The van der Waals surface area contributed by atoms with Gasteiger partial charge >= 0.3 is 0 Å². The Hall–Kier alpha value is -4.59. The lowest BCUT2D eigenvalue weighted by Crippen LogP contribution is -2.50. The van der Waals surface area contributed by atoms with Gasteiger partial charge in [-0.05, 0) is 37.1 Å². The maximum atomic E-state index is 8.90. The van der Waals surface area contributed by atoms with Crippen LogP contribution in [0.3, 0.4) is 0 Å². The lowest BCUT2D eigenvalue weighted by atomic mass is 10.1. The number of pyridine rings is 2. The Morgan fingerprint density at radius 1 is 0.750 bits per heavy atom. The van der Waals surface area contributed by atoms with Gasteiger partial charge in [0, 0.05) is 93.3 Å². The third kappa shape index (κ3) is 8.06. The number of nitriles is 1. The molecule has 13 heteroatoms. The Kier molecular flexibility index (Phi) is 12.5. The molecule has 4 aromatic rings. The summed E-state index contributed by atoms with van der Waals surface area (Å²) in [5, 5.41) is 14.8. The van der Waals surface area contributed by atoms with E-state index in [1.807, 2.05) is 24.4 Å². The van der Waals surface area contributed by atoms with E-state index >= 15 is 0 Å². The quantitative estimate of drug-likeness (QED) is 0.217. The number of nitrogens with zero attached hydrogens (tertiary/aromatic N) is 7. The number of rotatable bonds is 7. The summed E-state index contributed by atoms with van der Waals surface area (Å²) in [5.41, 5.74) is 2.63. The van der Waals surface area contributed by atoms with E-state index < -0.39 is 0 Å². The highest BCUT2D eigenvalue weighted by Crippen LogP contribution is 2.44. The highest BCUT2D eigenvalue weighted by atomic mass is 35.5. The van der Waals surface area contributed by atoms with Gasteiger partial charge in [-0.1, -0.05) is 19.0 Å². The Bertz CT molecular complexity index is 1920. The van der Waals surface area contributed by atoms with Gasteiger partial charge < -0.3 is 29.2 Å². The molecule has 4 fully saturated rings. The van der Waals surface area contributed by atoms with E-state index in [-0.39, 0.29) is 18.6 Å². The smallest absolute Gasteiger partial charge is 0.289 e. The van der Waals surface area contributed by atoms with Crippen molar-refractivity contribution in [2.24, 2.45) is 0 Å². The zero-order valence-electron chi connectivity index (χ0n) is 29.7. The number of halogens is 1. The van der Waals surface area contributed by atoms with Crippen molar-refractivity contribution in [2.75, 3.05) is 85.7 Å². The van der Waals surface area contributed by atoms with Crippen LogP contribution in [-0.2, 0) is 0 Å². The average Bonchev–Trinajstić information content (AvgIpc) is 4.14. The first kappa shape index (κ1) is 38.6. The molecule has 2 saturated carbocycles. The van der Waals surface area contributed by atoms with Crippen LogP contribution >= 0.6 is 11.6 Å². The molecule has 52 heavy (non-hydrogen) atoms. The van der Waals surface area contributed by atoms with Crippen molar-refractivity contribution in [1.29, 1.82) is 5.26 Å². The Morgan fingerprint density at radius 3 is 1.77 bits per heavy atom. The second-order valence-corrected chi connectivity index (χ2v) is 13.4. The molecule has 2 saturated heterocycles. The van der Waals surface area contributed by atoms with Gasteiger partial charge in [0.1, 0.15) is 5.54 Å². The average molecular weight is 729 g/mol. The number of hydrogen-bond acceptors (Lipinski definition) is 11. The summed E-state index contributed by atoms with van der Waals surface area (Å²) in [7, 11) is 6.47. The zero-order valence-corrected chi connectivity index (χ0v) is 30.5. The van der Waals surface area contributed by atoms with Gasteiger partial charge in [-0.15, -0.1) is 0 Å². The van der Waals surface area contributed by atoms with Crippen LogP contribution in [-0.4, -0.2) is 112 Å². The van der Waals surface area contributed by atoms with E-state index in [1.165, 1.54) is 5.69 Å². The Balaban J connectivity index is 0.000000164. The lowest BCUT2D eigenvalue weighted by molar-refractivity contribution is 0.192. The summed E-state index contributed by atoms with van der Waals surface area (Å²) >= 11 is 6.05. The van der Waals surface area contributed by atoms with E-state index in [1.54, 1.807) is 46.8 Å².